The van der Waals surface area contributed by atoms with E-state index in [0.29, 0.717) is 0 Å². The molecule has 2 aromatic carbocycles. The van der Waals surface area contributed by atoms with E-state index in [9.17, 15) is 38.5 Å². The van der Waals surface area contributed by atoms with Crippen LogP contribution in [0.2, 0.25) is 0 Å². The van der Waals surface area contributed by atoms with Crippen molar-refractivity contribution in [1.82, 2.24) is 10.6 Å². The minimum Gasteiger partial charge on any atom is -0.550 e. The SMILES string of the molecule is O=C([O-])CCNC(=O)[C@H](Cc1ccccc1)CP(=O)(O)O.O=C([O-])CCNC(=O)[C@H](Cc1ccccc1)CP(=O)(O)O.[Ca+2]. The zero-order valence-corrected chi connectivity index (χ0v) is 27.2. The second-order valence-electron chi connectivity index (χ2n) is 9.29. The third-order valence-electron chi connectivity index (χ3n) is 5.56. The fraction of sp³-hybridized carbons (Fsp3) is 0.385. The van der Waals surface area contributed by atoms with Crippen molar-refractivity contribution < 1.29 is 58.1 Å². The molecule has 0 radical (unpaired) electrons. The van der Waals surface area contributed by atoms with E-state index in [2.05, 4.69) is 10.6 Å². The average Bonchev–Trinajstić information content (AvgIpc) is 2.87. The molecule has 0 aliphatic heterocycles. The third-order valence-corrected chi connectivity index (χ3v) is 7.40. The van der Waals surface area contributed by atoms with E-state index < -0.39 is 63.1 Å². The van der Waals surface area contributed by atoms with Gasteiger partial charge in [-0.05, 0) is 24.0 Å². The molecule has 2 aromatic rings. The molecular formula is C26H34CaN2O12P2. The predicted octanol–water partition coefficient (Wildman–Crippen LogP) is -1.82. The number of rotatable bonds is 16. The fourth-order valence-corrected chi connectivity index (χ4v) is 5.45. The standard InChI is InChI=1S/2C13H18NO6P.Ca/c2*15-12(16)6-7-14-13(17)11(9-21(18,19)20)8-10-4-2-1-3-5-10;/h2*1-5,11H,6-9H2,(H,14,17)(H,15,16)(H2,18,19,20);/q;;+2/p-2/t2*11-;/m11./s1. The van der Waals surface area contributed by atoms with Gasteiger partial charge in [0.15, 0.2) is 0 Å². The molecule has 2 amide bonds. The number of carboxylic acid groups (broad SMARTS) is 2. The summed E-state index contributed by atoms with van der Waals surface area (Å²) < 4.78 is 22.3. The van der Waals surface area contributed by atoms with Crippen LogP contribution in [-0.4, -0.2) is 106 Å². The van der Waals surface area contributed by atoms with E-state index in [1.54, 1.807) is 60.7 Å². The van der Waals surface area contributed by atoms with Crippen LogP contribution < -0.4 is 20.8 Å². The van der Waals surface area contributed by atoms with E-state index in [1.807, 2.05) is 0 Å². The fourth-order valence-electron chi connectivity index (χ4n) is 3.72. The predicted molar refractivity (Wildman–Crippen MR) is 152 cm³/mol. The van der Waals surface area contributed by atoms with Crippen LogP contribution in [0.15, 0.2) is 60.7 Å². The monoisotopic (exact) mass is 668 g/mol. The summed E-state index contributed by atoms with van der Waals surface area (Å²) in [6.45, 7) is -0.263. The van der Waals surface area contributed by atoms with Crippen molar-refractivity contribution in [2.24, 2.45) is 11.8 Å². The van der Waals surface area contributed by atoms with E-state index in [1.165, 1.54) is 0 Å². The first-order valence-electron chi connectivity index (χ1n) is 12.7. The Labute approximate surface area is 278 Å². The number of carbonyl (C=O) groups is 4. The van der Waals surface area contributed by atoms with Crippen LogP contribution in [0, 0.1) is 11.8 Å². The maximum absolute atomic E-state index is 11.9. The Morgan fingerprint density at radius 3 is 1.19 bits per heavy atom. The van der Waals surface area contributed by atoms with Crippen LogP contribution in [0.25, 0.3) is 0 Å². The number of hydrogen-bond donors (Lipinski definition) is 6. The molecule has 6 N–H and O–H groups in total. The Morgan fingerprint density at radius 2 is 0.930 bits per heavy atom. The first kappa shape index (κ1) is 40.9. The molecule has 2 atom stereocenters. The van der Waals surface area contributed by atoms with E-state index in [-0.39, 0.29) is 76.5 Å². The molecule has 0 aliphatic rings. The van der Waals surface area contributed by atoms with Crippen molar-refractivity contribution in [2.45, 2.75) is 25.7 Å². The number of nitrogens with one attached hydrogen (secondary N) is 2. The molecule has 0 heterocycles. The number of carboxylic acids is 2. The first-order valence-corrected chi connectivity index (χ1v) is 16.3. The van der Waals surface area contributed by atoms with Crippen molar-refractivity contribution in [1.29, 1.82) is 0 Å². The Kier molecular flexibility index (Phi) is 19.7. The molecule has 0 aliphatic carbocycles. The molecule has 0 fully saturated rings. The van der Waals surface area contributed by atoms with Gasteiger partial charge in [-0.15, -0.1) is 0 Å². The Bertz CT molecular complexity index is 1160. The van der Waals surface area contributed by atoms with Crippen LogP contribution in [0.1, 0.15) is 24.0 Å². The van der Waals surface area contributed by atoms with Gasteiger partial charge in [0.05, 0.1) is 24.2 Å². The van der Waals surface area contributed by atoms with Gasteiger partial charge in [-0.2, -0.15) is 0 Å². The van der Waals surface area contributed by atoms with Crippen LogP contribution in [0.4, 0.5) is 0 Å². The molecule has 2 rings (SSSR count). The number of amides is 2. The molecule has 14 nitrogen and oxygen atoms in total. The molecule has 0 spiro atoms. The number of benzene rings is 2. The minimum absolute atomic E-state index is 0. The van der Waals surface area contributed by atoms with Crippen LogP contribution in [0.5, 0.6) is 0 Å². The van der Waals surface area contributed by atoms with Gasteiger partial charge < -0.3 is 50.0 Å². The molecular weight excluding hydrogens is 634 g/mol. The zero-order valence-electron chi connectivity index (χ0n) is 23.2. The van der Waals surface area contributed by atoms with Gasteiger partial charge in [-0.3, -0.25) is 18.7 Å². The summed E-state index contributed by atoms with van der Waals surface area (Å²) in [7, 11) is -8.71. The van der Waals surface area contributed by atoms with Crippen molar-refractivity contribution in [3.63, 3.8) is 0 Å². The first-order chi connectivity index (χ1) is 19.6. The number of hydrogen-bond acceptors (Lipinski definition) is 8. The molecule has 0 aromatic heterocycles. The molecule has 0 bridgehead atoms. The van der Waals surface area contributed by atoms with Crippen molar-refractivity contribution in [3.8, 4) is 0 Å². The molecule has 0 unspecified atom stereocenters. The summed E-state index contributed by atoms with van der Waals surface area (Å²) >= 11 is 0. The summed E-state index contributed by atoms with van der Waals surface area (Å²) in [4.78, 5) is 80.7. The zero-order chi connectivity index (χ0) is 31.8. The molecule has 0 saturated carbocycles. The number of aliphatic carboxylic acids is 2. The second kappa shape index (κ2) is 20.8. The van der Waals surface area contributed by atoms with Gasteiger partial charge in [0.2, 0.25) is 11.8 Å². The Hall–Kier alpha value is -2.12. The van der Waals surface area contributed by atoms with E-state index in [4.69, 9.17) is 19.6 Å². The van der Waals surface area contributed by atoms with Gasteiger partial charge in [0, 0.05) is 37.9 Å². The van der Waals surface area contributed by atoms with Crippen molar-refractivity contribution >= 4 is 76.7 Å². The van der Waals surface area contributed by atoms with Gasteiger partial charge in [-0.1, -0.05) is 60.7 Å². The summed E-state index contributed by atoms with van der Waals surface area (Å²) in [6.07, 6.45) is -1.52. The molecule has 232 valence electrons. The number of carbonyl (C=O) groups excluding carboxylic acids is 4. The maximum atomic E-state index is 11.9. The molecule has 0 saturated heterocycles. The summed E-state index contributed by atoms with van der Waals surface area (Å²) in [5, 5.41) is 25.3. The van der Waals surface area contributed by atoms with Gasteiger partial charge in [0.1, 0.15) is 0 Å². The topological polar surface area (TPSA) is 254 Å². The molecule has 43 heavy (non-hydrogen) atoms. The second-order valence-corrected chi connectivity index (χ2v) is 12.7. The van der Waals surface area contributed by atoms with Crippen LogP contribution in [0.3, 0.4) is 0 Å². The summed E-state index contributed by atoms with van der Waals surface area (Å²) in [5.41, 5.74) is 1.54. The molecule has 17 heteroatoms. The van der Waals surface area contributed by atoms with E-state index in [0.717, 1.165) is 11.1 Å². The third kappa shape index (κ3) is 21.3. The van der Waals surface area contributed by atoms with Gasteiger partial charge in [-0.25, -0.2) is 0 Å². The normalized spacial score (nSPS) is 12.4. The van der Waals surface area contributed by atoms with Crippen molar-refractivity contribution in [2.75, 3.05) is 25.4 Å². The Morgan fingerprint density at radius 1 is 0.628 bits per heavy atom. The van der Waals surface area contributed by atoms with E-state index >= 15 is 0 Å². The summed E-state index contributed by atoms with van der Waals surface area (Å²) in [6, 6.07) is 17.6. The van der Waals surface area contributed by atoms with Gasteiger partial charge in [0.25, 0.3) is 0 Å². The largest absolute Gasteiger partial charge is 2.00 e. The maximum Gasteiger partial charge on any atom is 2.00 e. The van der Waals surface area contributed by atoms with Crippen LogP contribution in [-0.2, 0) is 41.1 Å². The smallest absolute Gasteiger partial charge is 0.550 e. The van der Waals surface area contributed by atoms with Crippen molar-refractivity contribution in [3.05, 3.63) is 71.8 Å². The van der Waals surface area contributed by atoms with Crippen LogP contribution >= 0.6 is 15.2 Å². The van der Waals surface area contributed by atoms with Gasteiger partial charge >= 0.3 is 52.9 Å². The quantitative estimate of drug-likeness (QED) is 0.0854. The average molecular weight is 669 g/mol. The Balaban J connectivity index is 0.000000802. The summed E-state index contributed by atoms with van der Waals surface area (Å²) in [5.74, 6) is -5.60. The minimum atomic E-state index is -4.35.